The van der Waals surface area contributed by atoms with Crippen LogP contribution in [0.25, 0.3) is 33.1 Å². The maximum Gasteiger partial charge on any atom is 0.252 e. The molecule has 0 spiro atoms. The number of anilines is 6. The van der Waals surface area contributed by atoms with Crippen molar-refractivity contribution in [2.45, 2.75) is 105 Å². The van der Waals surface area contributed by atoms with Crippen LogP contribution in [0.2, 0.25) is 0 Å². The highest BCUT2D eigenvalue weighted by Crippen LogP contribution is 2.49. The van der Waals surface area contributed by atoms with E-state index in [4.69, 9.17) is 4.42 Å². The molecule has 7 aromatic carbocycles. The van der Waals surface area contributed by atoms with Gasteiger partial charge in [0.2, 0.25) is 0 Å². The molecule has 310 valence electrons. The van der Waals surface area contributed by atoms with Crippen LogP contribution in [0.1, 0.15) is 105 Å². The molecule has 4 heteroatoms. The van der Waals surface area contributed by atoms with Gasteiger partial charge in [-0.05, 0) is 120 Å². The lowest BCUT2D eigenvalue weighted by Gasteiger charge is -2.45. The van der Waals surface area contributed by atoms with E-state index in [0.29, 0.717) is 0 Å². The number of furan rings is 1. The number of fused-ring (bicyclic) bond motifs is 7. The third-order valence-corrected chi connectivity index (χ3v) is 13.4. The maximum atomic E-state index is 6.81. The SMILES string of the molecule is CC(C)(C)c1cc(N2c3ccccc3B3c4ccccc4N(c4cc(C(C)(C)C)cc(C(C)(C)C)c4)c4cc(-c5cccc6c5oc5ccccc56)cc2c43)cc(C(C)(C)C)c1. The summed E-state index contributed by atoms with van der Waals surface area (Å²) >= 11 is 0. The van der Waals surface area contributed by atoms with Gasteiger partial charge in [0, 0.05) is 50.5 Å². The number of nitrogens with zero attached hydrogens (tertiary/aromatic N) is 2. The molecule has 62 heavy (non-hydrogen) atoms. The minimum Gasteiger partial charge on any atom is -0.455 e. The van der Waals surface area contributed by atoms with Crippen LogP contribution in [0, 0.1) is 0 Å². The zero-order valence-corrected chi connectivity index (χ0v) is 38.7. The Morgan fingerprint density at radius 3 is 1.29 bits per heavy atom. The molecule has 0 amide bonds. The van der Waals surface area contributed by atoms with E-state index in [1.807, 2.05) is 0 Å². The lowest BCUT2D eigenvalue weighted by atomic mass is 9.33. The molecule has 8 aromatic rings. The normalized spacial score (nSPS) is 14.0. The molecule has 0 saturated carbocycles. The molecule has 0 unspecified atom stereocenters. The number of benzene rings is 7. The zero-order chi connectivity index (χ0) is 43.7. The Labute approximate surface area is 369 Å². The monoisotopic (exact) mass is 810 g/mol. The highest BCUT2D eigenvalue weighted by atomic mass is 16.3. The van der Waals surface area contributed by atoms with Crippen molar-refractivity contribution in [3.8, 4) is 11.1 Å². The third-order valence-electron chi connectivity index (χ3n) is 13.4. The molecule has 0 N–H and O–H groups in total. The largest absolute Gasteiger partial charge is 0.455 e. The Morgan fingerprint density at radius 1 is 0.403 bits per heavy atom. The summed E-state index contributed by atoms with van der Waals surface area (Å²) in [5, 5.41) is 2.27. The van der Waals surface area contributed by atoms with E-state index >= 15 is 0 Å². The fraction of sp³-hybridized carbons (Fsp3) is 0.276. The Morgan fingerprint density at radius 2 is 0.823 bits per heavy atom. The molecule has 0 saturated heterocycles. The summed E-state index contributed by atoms with van der Waals surface area (Å²) in [5.41, 5.74) is 20.3. The van der Waals surface area contributed by atoms with Crippen LogP contribution in [0.5, 0.6) is 0 Å². The third kappa shape index (κ3) is 6.48. The molecule has 0 aliphatic carbocycles. The van der Waals surface area contributed by atoms with Crippen molar-refractivity contribution in [1.82, 2.24) is 0 Å². The fourth-order valence-corrected chi connectivity index (χ4v) is 9.80. The van der Waals surface area contributed by atoms with Gasteiger partial charge in [0.1, 0.15) is 11.2 Å². The van der Waals surface area contributed by atoms with E-state index in [-0.39, 0.29) is 28.4 Å². The minimum absolute atomic E-state index is 0.0247. The van der Waals surface area contributed by atoms with Crippen LogP contribution >= 0.6 is 0 Å². The summed E-state index contributed by atoms with van der Waals surface area (Å²) in [6, 6.07) is 52.9. The Hall–Kier alpha value is -6.00. The van der Waals surface area contributed by atoms with Gasteiger partial charge in [-0.25, -0.2) is 0 Å². The Balaban J connectivity index is 1.36. The summed E-state index contributed by atoms with van der Waals surface area (Å²) < 4.78 is 6.81. The quantitative estimate of drug-likeness (QED) is 0.166. The standard InChI is InChI=1S/C58H59BN2O/c1-55(2,3)37-30-38(56(4,5)6)33-41(32-37)60-48-25-16-14-23-46(48)59-47-24-15-17-26-49(47)61(42-34-39(57(7,8)9)31-40(35-42)58(10,11)12)51-29-36(28-50(60)53(51)59)43-21-19-22-45-44-20-13-18-27-52(44)62-54(43)45/h13-35H,1-12H3. The van der Waals surface area contributed by atoms with Crippen LogP contribution in [0.4, 0.5) is 34.1 Å². The Bertz CT molecular complexity index is 2870. The fourth-order valence-electron chi connectivity index (χ4n) is 9.80. The van der Waals surface area contributed by atoms with E-state index in [1.165, 1.54) is 72.8 Å². The second-order valence-electron chi connectivity index (χ2n) is 22.0. The lowest BCUT2D eigenvalue weighted by Crippen LogP contribution is -2.61. The van der Waals surface area contributed by atoms with Gasteiger partial charge in [-0.2, -0.15) is 0 Å². The van der Waals surface area contributed by atoms with Crippen molar-refractivity contribution in [2.75, 3.05) is 9.80 Å². The molecule has 2 aliphatic heterocycles. The molecule has 3 nitrogen and oxygen atoms in total. The highest BCUT2D eigenvalue weighted by molar-refractivity contribution is 7.00. The molecule has 3 heterocycles. The van der Waals surface area contributed by atoms with Gasteiger partial charge in [-0.15, -0.1) is 0 Å². The van der Waals surface area contributed by atoms with Crippen LogP contribution in [0.15, 0.2) is 144 Å². The molecule has 10 rings (SSSR count). The van der Waals surface area contributed by atoms with Crippen molar-refractivity contribution in [2.24, 2.45) is 0 Å². The van der Waals surface area contributed by atoms with Crippen LogP contribution in [-0.4, -0.2) is 6.71 Å². The van der Waals surface area contributed by atoms with E-state index in [2.05, 4.69) is 232 Å². The predicted molar refractivity (Wildman–Crippen MR) is 268 cm³/mol. The van der Waals surface area contributed by atoms with Gasteiger partial charge in [0.05, 0.1) is 0 Å². The van der Waals surface area contributed by atoms with Crippen LogP contribution in [-0.2, 0) is 21.7 Å². The second-order valence-corrected chi connectivity index (χ2v) is 22.0. The van der Waals surface area contributed by atoms with Crippen LogP contribution in [0.3, 0.4) is 0 Å². The lowest BCUT2D eigenvalue weighted by molar-refractivity contribution is 0.568. The van der Waals surface area contributed by atoms with Crippen molar-refractivity contribution < 1.29 is 4.42 Å². The van der Waals surface area contributed by atoms with Gasteiger partial charge >= 0.3 is 0 Å². The average Bonchev–Trinajstić information content (AvgIpc) is 3.61. The summed E-state index contributed by atoms with van der Waals surface area (Å²) in [5.74, 6) is 0. The first kappa shape index (κ1) is 40.1. The number of rotatable bonds is 3. The van der Waals surface area contributed by atoms with Crippen molar-refractivity contribution in [3.05, 3.63) is 162 Å². The van der Waals surface area contributed by atoms with Crippen molar-refractivity contribution >= 4 is 79.2 Å². The summed E-state index contributed by atoms with van der Waals surface area (Å²) in [4.78, 5) is 5.16. The van der Waals surface area contributed by atoms with Crippen LogP contribution < -0.4 is 26.2 Å². The van der Waals surface area contributed by atoms with E-state index in [0.717, 1.165) is 33.1 Å². The topological polar surface area (TPSA) is 19.6 Å². The summed E-state index contributed by atoms with van der Waals surface area (Å²) in [7, 11) is 0. The number of hydrogen-bond donors (Lipinski definition) is 0. The smallest absolute Gasteiger partial charge is 0.252 e. The van der Waals surface area contributed by atoms with Gasteiger partial charge < -0.3 is 14.2 Å². The number of hydrogen-bond acceptors (Lipinski definition) is 3. The van der Waals surface area contributed by atoms with Gasteiger partial charge in [-0.3, -0.25) is 0 Å². The first-order valence-corrected chi connectivity index (χ1v) is 22.5. The van der Waals surface area contributed by atoms with Gasteiger partial charge in [-0.1, -0.05) is 168 Å². The molecule has 1 aromatic heterocycles. The second kappa shape index (κ2) is 13.8. The average molecular weight is 811 g/mol. The van der Waals surface area contributed by atoms with Crippen molar-refractivity contribution in [3.63, 3.8) is 0 Å². The first-order chi connectivity index (χ1) is 29.3. The van der Waals surface area contributed by atoms with Gasteiger partial charge in [0.15, 0.2) is 0 Å². The first-order valence-electron chi connectivity index (χ1n) is 22.5. The molecule has 2 aliphatic rings. The predicted octanol–water partition coefficient (Wildman–Crippen LogP) is 14.5. The molecule has 0 bridgehead atoms. The Kier molecular flexibility index (Phi) is 8.89. The minimum atomic E-state index is -0.0510. The van der Waals surface area contributed by atoms with E-state index < -0.39 is 0 Å². The molecular formula is C58H59BN2O. The molecule has 0 atom stereocenters. The maximum absolute atomic E-state index is 6.81. The molecule has 0 fully saturated rings. The summed E-state index contributed by atoms with van der Waals surface area (Å²) in [6.45, 7) is 28.0. The van der Waals surface area contributed by atoms with Crippen molar-refractivity contribution in [1.29, 1.82) is 0 Å². The summed E-state index contributed by atoms with van der Waals surface area (Å²) in [6.07, 6.45) is 0. The number of para-hydroxylation sites is 4. The zero-order valence-electron chi connectivity index (χ0n) is 38.7. The van der Waals surface area contributed by atoms with E-state index in [1.54, 1.807) is 0 Å². The highest BCUT2D eigenvalue weighted by Gasteiger charge is 2.44. The molecule has 0 radical (unpaired) electrons. The molecular weight excluding hydrogens is 751 g/mol. The van der Waals surface area contributed by atoms with E-state index in [9.17, 15) is 0 Å². The van der Waals surface area contributed by atoms with Gasteiger partial charge in [0.25, 0.3) is 6.71 Å².